The minimum Gasteiger partial charge on any atom is -0.406 e. The fraction of sp³-hybridized carbons (Fsp3) is 0.478. The third-order valence-electron chi connectivity index (χ3n) is 5.40. The topological polar surface area (TPSA) is 67.9 Å². The lowest BCUT2D eigenvalue weighted by Crippen LogP contribution is -2.43. The van der Waals surface area contributed by atoms with Gasteiger partial charge in [0, 0.05) is 26.2 Å². The van der Waals surface area contributed by atoms with Crippen molar-refractivity contribution in [3.63, 3.8) is 0 Å². The summed E-state index contributed by atoms with van der Waals surface area (Å²) in [5, 5.41) is 0. The Morgan fingerprint density at radius 1 is 1.06 bits per heavy atom. The van der Waals surface area contributed by atoms with Crippen LogP contribution in [0.1, 0.15) is 37.8 Å². The van der Waals surface area contributed by atoms with Crippen molar-refractivity contribution in [2.24, 2.45) is 0 Å². The third-order valence-corrected chi connectivity index (χ3v) is 6.89. The molecule has 1 N–H and O–H groups in total. The highest BCUT2D eigenvalue weighted by atomic mass is 32.2. The molecule has 0 amide bonds. The van der Waals surface area contributed by atoms with E-state index in [0.717, 1.165) is 68.8 Å². The highest BCUT2D eigenvalue weighted by Gasteiger charge is 2.31. The van der Waals surface area contributed by atoms with Crippen LogP contribution in [-0.2, 0) is 14.8 Å². The number of sulfonamides is 1. The minimum atomic E-state index is -4.84. The molecule has 0 spiro atoms. The molecule has 0 radical (unpaired) electrons. The zero-order valence-corrected chi connectivity index (χ0v) is 19.2. The van der Waals surface area contributed by atoms with Crippen LogP contribution in [0.4, 0.5) is 13.2 Å². The van der Waals surface area contributed by atoms with E-state index in [0.29, 0.717) is 6.54 Å². The summed E-state index contributed by atoms with van der Waals surface area (Å²) < 4.78 is 75.5. The Balaban J connectivity index is 1.70. The molecule has 0 saturated carbocycles. The highest BCUT2D eigenvalue weighted by molar-refractivity contribution is 7.89. The molecule has 0 bridgehead atoms. The van der Waals surface area contributed by atoms with Crippen LogP contribution in [0.3, 0.4) is 0 Å². The van der Waals surface area contributed by atoms with Gasteiger partial charge in [0.25, 0.3) is 0 Å². The van der Waals surface area contributed by atoms with Gasteiger partial charge in [-0.05, 0) is 49.1 Å². The van der Waals surface area contributed by atoms with Crippen LogP contribution in [0.2, 0.25) is 0 Å². The Bertz CT molecular complexity index is 961. The van der Waals surface area contributed by atoms with E-state index in [1.807, 2.05) is 30.3 Å². The Hall–Kier alpha value is -2.14. The molecule has 1 atom stereocenters. The number of alkyl halides is 3. The van der Waals surface area contributed by atoms with Crippen molar-refractivity contribution in [2.45, 2.75) is 49.6 Å². The number of rotatable bonds is 10. The minimum absolute atomic E-state index is 0.135. The number of halogens is 3. The first kappa shape index (κ1) is 25.5. The number of nitrogens with one attached hydrogen (secondary N) is 1. The summed E-state index contributed by atoms with van der Waals surface area (Å²) in [6.07, 6.45) is -1.87. The van der Waals surface area contributed by atoms with Crippen LogP contribution in [0.15, 0.2) is 59.5 Å². The first-order chi connectivity index (χ1) is 15.7. The second-order valence-electron chi connectivity index (χ2n) is 7.97. The highest BCUT2D eigenvalue weighted by Crippen LogP contribution is 2.25. The molecule has 3 rings (SSSR count). The predicted molar refractivity (Wildman–Crippen MR) is 118 cm³/mol. The first-order valence-electron chi connectivity index (χ1n) is 10.9. The number of hydrogen-bond acceptors (Lipinski definition) is 5. The summed E-state index contributed by atoms with van der Waals surface area (Å²) in [4.78, 5) is 2.07. The maximum Gasteiger partial charge on any atom is 0.573 e. The first-order valence-corrected chi connectivity index (χ1v) is 12.4. The Labute approximate surface area is 192 Å². The largest absolute Gasteiger partial charge is 0.573 e. The molecule has 1 fully saturated rings. The van der Waals surface area contributed by atoms with Crippen LogP contribution < -0.4 is 9.46 Å². The maximum absolute atomic E-state index is 13.0. The normalized spacial score (nSPS) is 17.1. The second kappa shape index (κ2) is 11.3. The van der Waals surface area contributed by atoms with Crippen molar-refractivity contribution < 1.29 is 31.1 Å². The molecule has 0 aliphatic carbocycles. The van der Waals surface area contributed by atoms with Crippen molar-refractivity contribution in [3.8, 4) is 5.75 Å². The monoisotopic (exact) mass is 486 g/mol. The molecule has 6 nitrogen and oxygen atoms in total. The average Bonchev–Trinajstić information content (AvgIpc) is 2.78. The van der Waals surface area contributed by atoms with Gasteiger partial charge in [-0.3, -0.25) is 0 Å². The summed E-state index contributed by atoms with van der Waals surface area (Å²) in [5.74, 6) is -0.478. The van der Waals surface area contributed by atoms with Gasteiger partial charge in [0.1, 0.15) is 5.75 Å². The lowest BCUT2D eigenvalue weighted by molar-refractivity contribution is -0.274. The summed E-state index contributed by atoms with van der Waals surface area (Å²) in [6.45, 7) is 4.87. The molecular weight excluding hydrogens is 457 g/mol. The predicted octanol–water partition coefficient (Wildman–Crippen LogP) is 4.50. The molecule has 1 aliphatic rings. The summed E-state index contributed by atoms with van der Waals surface area (Å²) >= 11 is 0. The second-order valence-corrected chi connectivity index (χ2v) is 9.69. The standard InChI is InChI=1S/C23H29F3N2O4S/c1-2-16-31-19-12-14-28(15-13-19)17-22(18-6-4-3-5-7-18)27-33(29,30)21-10-8-20(9-11-21)32-23(24,25)26/h3-11,19,22,27H,2,12-17H2,1H3. The van der Waals surface area contributed by atoms with E-state index in [2.05, 4.69) is 21.3 Å². The maximum atomic E-state index is 13.0. The van der Waals surface area contributed by atoms with Crippen LogP contribution >= 0.6 is 0 Å². The smallest absolute Gasteiger partial charge is 0.406 e. The molecule has 1 aliphatic heterocycles. The van der Waals surface area contributed by atoms with E-state index in [1.165, 1.54) is 0 Å². The van der Waals surface area contributed by atoms with Crippen molar-refractivity contribution in [1.29, 1.82) is 0 Å². The van der Waals surface area contributed by atoms with E-state index >= 15 is 0 Å². The van der Waals surface area contributed by atoms with Gasteiger partial charge in [0.05, 0.1) is 17.0 Å². The SMILES string of the molecule is CCCOC1CCN(CC(NS(=O)(=O)c2ccc(OC(F)(F)F)cc2)c2ccccc2)CC1. The Morgan fingerprint density at radius 2 is 1.70 bits per heavy atom. The van der Waals surface area contributed by atoms with E-state index in [1.54, 1.807) is 0 Å². The van der Waals surface area contributed by atoms with Crippen LogP contribution in [0.25, 0.3) is 0 Å². The molecule has 1 unspecified atom stereocenters. The number of hydrogen-bond donors (Lipinski definition) is 1. The summed E-state index contributed by atoms with van der Waals surface area (Å²) in [5.41, 5.74) is 0.808. The fourth-order valence-electron chi connectivity index (χ4n) is 3.77. The quantitative estimate of drug-likeness (QED) is 0.536. The van der Waals surface area contributed by atoms with E-state index in [4.69, 9.17) is 4.74 Å². The van der Waals surface area contributed by atoms with Crippen LogP contribution in [-0.4, -0.2) is 52.0 Å². The molecule has 2 aromatic carbocycles. The van der Waals surface area contributed by atoms with Gasteiger partial charge in [0.15, 0.2) is 0 Å². The van der Waals surface area contributed by atoms with Gasteiger partial charge in [-0.1, -0.05) is 37.3 Å². The number of ether oxygens (including phenoxy) is 2. The van der Waals surface area contributed by atoms with E-state index in [9.17, 15) is 21.6 Å². The number of benzene rings is 2. The van der Waals surface area contributed by atoms with Crippen LogP contribution in [0.5, 0.6) is 5.75 Å². The summed E-state index contributed by atoms with van der Waals surface area (Å²) in [7, 11) is -3.98. The lowest BCUT2D eigenvalue weighted by Gasteiger charge is -2.34. The van der Waals surface area contributed by atoms with Gasteiger partial charge >= 0.3 is 6.36 Å². The number of likely N-dealkylation sites (tertiary alicyclic amines) is 1. The van der Waals surface area contributed by atoms with Crippen molar-refractivity contribution in [2.75, 3.05) is 26.2 Å². The summed E-state index contributed by atoms with van der Waals surface area (Å²) in [6, 6.07) is 12.9. The van der Waals surface area contributed by atoms with Crippen molar-refractivity contribution in [3.05, 3.63) is 60.2 Å². The molecular formula is C23H29F3N2O4S. The van der Waals surface area contributed by atoms with Crippen molar-refractivity contribution in [1.82, 2.24) is 9.62 Å². The zero-order chi connectivity index (χ0) is 23.9. The zero-order valence-electron chi connectivity index (χ0n) is 18.4. The van der Waals surface area contributed by atoms with Crippen molar-refractivity contribution >= 4 is 10.0 Å². The molecule has 1 saturated heterocycles. The Morgan fingerprint density at radius 3 is 2.27 bits per heavy atom. The van der Waals surface area contributed by atoms with E-state index < -0.39 is 28.2 Å². The Kier molecular flexibility index (Phi) is 8.75. The number of nitrogens with zero attached hydrogens (tertiary/aromatic N) is 1. The van der Waals surface area contributed by atoms with E-state index in [-0.39, 0.29) is 11.0 Å². The van der Waals surface area contributed by atoms with Gasteiger partial charge in [-0.2, -0.15) is 0 Å². The van der Waals surface area contributed by atoms with Crippen LogP contribution in [0, 0.1) is 0 Å². The van der Waals surface area contributed by atoms with Gasteiger partial charge in [-0.25, -0.2) is 13.1 Å². The van der Waals surface area contributed by atoms with Gasteiger partial charge < -0.3 is 14.4 Å². The molecule has 0 aromatic heterocycles. The molecule has 2 aromatic rings. The lowest BCUT2D eigenvalue weighted by atomic mass is 10.0. The molecule has 33 heavy (non-hydrogen) atoms. The molecule has 182 valence electrons. The third kappa shape index (κ3) is 7.99. The van der Waals surface area contributed by atoms with Gasteiger partial charge in [0.2, 0.25) is 10.0 Å². The van der Waals surface area contributed by atoms with Gasteiger partial charge in [-0.15, -0.1) is 13.2 Å². The molecule has 10 heteroatoms. The molecule has 1 heterocycles. The number of piperidine rings is 1. The fourth-order valence-corrected chi connectivity index (χ4v) is 4.99. The average molecular weight is 487 g/mol.